The molecule has 0 unspecified atom stereocenters. The minimum atomic E-state index is -0.604. The molecule has 24 heavy (non-hydrogen) atoms. The monoisotopic (exact) mass is 329 g/mol. The molecule has 0 aromatic heterocycles. The van der Waals surface area contributed by atoms with Crippen LogP contribution >= 0.6 is 0 Å². The van der Waals surface area contributed by atoms with E-state index in [0.717, 1.165) is 18.5 Å². The summed E-state index contributed by atoms with van der Waals surface area (Å²) >= 11 is 0. The van der Waals surface area contributed by atoms with E-state index in [-0.39, 0.29) is 5.97 Å². The first kappa shape index (κ1) is 20.1. The van der Waals surface area contributed by atoms with E-state index in [1.54, 1.807) is 0 Å². The van der Waals surface area contributed by atoms with Crippen LogP contribution in [-0.2, 0) is 9.53 Å². The van der Waals surface area contributed by atoms with E-state index in [1.807, 2.05) is 38.1 Å². The average Bonchev–Trinajstić information content (AvgIpc) is 2.58. The largest absolute Gasteiger partial charge is 0.464 e. The number of anilines is 1. The van der Waals surface area contributed by atoms with Crippen LogP contribution in [0.2, 0.25) is 0 Å². The zero-order valence-electron chi connectivity index (χ0n) is 15.4. The lowest BCUT2D eigenvalue weighted by molar-refractivity contribution is -0.142. The highest BCUT2D eigenvalue weighted by Crippen LogP contribution is 2.11. The van der Waals surface area contributed by atoms with Gasteiger partial charge in [-0.25, -0.2) is 4.79 Å². The van der Waals surface area contributed by atoms with E-state index >= 15 is 0 Å². The number of rotatable bonds is 10. The number of carbonyl (C=O) groups is 1. The Morgan fingerprint density at radius 3 is 2.42 bits per heavy atom. The van der Waals surface area contributed by atoms with Crippen molar-refractivity contribution in [2.24, 2.45) is 0 Å². The first-order valence-electron chi connectivity index (χ1n) is 9.15. The molecular formula is C21H31NO2. The molecule has 1 N–H and O–H groups in total. The molecule has 3 heteroatoms. The number of aryl methyl sites for hydroxylation is 1. The van der Waals surface area contributed by atoms with Gasteiger partial charge in [-0.3, -0.25) is 0 Å². The van der Waals surface area contributed by atoms with E-state index in [0.29, 0.717) is 6.61 Å². The number of hydrogen-bond donors (Lipinski definition) is 1. The van der Waals surface area contributed by atoms with Gasteiger partial charge in [-0.05, 0) is 32.4 Å². The Bertz CT molecular complexity index is 525. The predicted molar refractivity (Wildman–Crippen MR) is 101 cm³/mol. The van der Waals surface area contributed by atoms with Crippen LogP contribution in [0.5, 0.6) is 0 Å². The van der Waals surface area contributed by atoms with Crippen LogP contribution in [0, 0.1) is 18.8 Å². The van der Waals surface area contributed by atoms with Crippen molar-refractivity contribution in [1.29, 1.82) is 0 Å². The molecule has 1 rings (SSSR count). The van der Waals surface area contributed by atoms with Crippen LogP contribution in [0.3, 0.4) is 0 Å². The Labute approximate surface area is 147 Å². The molecule has 1 aromatic rings. The van der Waals surface area contributed by atoms with Crippen molar-refractivity contribution in [2.75, 3.05) is 11.9 Å². The molecule has 0 aliphatic rings. The molecule has 0 fully saturated rings. The van der Waals surface area contributed by atoms with E-state index in [4.69, 9.17) is 4.74 Å². The summed E-state index contributed by atoms with van der Waals surface area (Å²) in [5, 5.41) is 3.16. The fraction of sp³-hybridized carbons (Fsp3) is 0.571. The summed E-state index contributed by atoms with van der Waals surface area (Å²) in [7, 11) is 0. The molecule has 0 aliphatic heterocycles. The van der Waals surface area contributed by atoms with Gasteiger partial charge in [0, 0.05) is 12.1 Å². The fourth-order valence-electron chi connectivity index (χ4n) is 2.36. The normalized spacial score (nSPS) is 11.3. The van der Waals surface area contributed by atoms with Crippen LogP contribution in [0.25, 0.3) is 0 Å². The molecule has 0 amide bonds. The van der Waals surface area contributed by atoms with E-state index < -0.39 is 6.04 Å². The molecule has 1 atom stereocenters. The molecule has 0 bridgehead atoms. The Kier molecular flexibility index (Phi) is 10.4. The van der Waals surface area contributed by atoms with Gasteiger partial charge in [0.05, 0.1) is 6.61 Å². The zero-order chi connectivity index (χ0) is 17.6. The zero-order valence-corrected chi connectivity index (χ0v) is 15.4. The molecule has 1 aromatic carbocycles. The van der Waals surface area contributed by atoms with Gasteiger partial charge in [0.2, 0.25) is 0 Å². The third-order valence-corrected chi connectivity index (χ3v) is 3.79. The number of benzene rings is 1. The SMILES string of the molecule is CCCCCCCCC#C[C@@H](Nc1ccc(C)cc1)C(=O)OCC. The topological polar surface area (TPSA) is 38.3 Å². The van der Waals surface area contributed by atoms with Gasteiger partial charge in [-0.2, -0.15) is 0 Å². The minimum absolute atomic E-state index is 0.312. The Morgan fingerprint density at radius 1 is 1.08 bits per heavy atom. The molecule has 3 nitrogen and oxygen atoms in total. The predicted octanol–water partition coefficient (Wildman–Crippen LogP) is 5.09. The standard InChI is InChI=1S/C21H31NO2/c1-4-6-7-8-9-10-11-12-13-20(21(23)24-5-2)22-19-16-14-18(3)15-17-19/h14-17,20,22H,4-11H2,1-3H3/t20-/m1/s1. The van der Waals surface area contributed by atoms with Crippen molar-refractivity contribution < 1.29 is 9.53 Å². The van der Waals surface area contributed by atoms with Gasteiger partial charge in [-0.15, -0.1) is 5.92 Å². The second-order valence-electron chi connectivity index (χ2n) is 6.03. The highest BCUT2D eigenvalue weighted by atomic mass is 16.5. The lowest BCUT2D eigenvalue weighted by atomic mass is 10.1. The van der Waals surface area contributed by atoms with Crippen molar-refractivity contribution in [3.63, 3.8) is 0 Å². The summed E-state index contributed by atoms with van der Waals surface area (Å²) in [5.41, 5.74) is 2.06. The third kappa shape index (κ3) is 8.62. The van der Waals surface area contributed by atoms with E-state index in [2.05, 4.69) is 24.1 Å². The number of unbranched alkanes of at least 4 members (excludes halogenated alkanes) is 6. The number of ether oxygens (including phenoxy) is 1. The van der Waals surface area contributed by atoms with Gasteiger partial charge in [0.25, 0.3) is 0 Å². The molecule has 0 radical (unpaired) electrons. The highest BCUT2D eigenvalue weighted by molar-refractivity contribution is 5.83. The molecule has 132 valence electrons. The summed E-state index contributed by atoms with van der Waals surface area (Å²) < 4.78 is 5.12. The van der Waals surface area contributed by atoms with Gasteiger partial charge >= 0.3 is 5.97 Å². The Morgan fingerprint density at radius 2 is 1.75 bits per heavy atom. The molecule has 0 aliphatic carbocycles. The van der Waals surface area contributed by atoms with Crippen molar-refractivity contribution in [2.45, 2.75) is 71.8 Å². The van der Waals surface area contributed by atoms with Crippen LogP contribution in [0.4, 0.5) is 5.69 Å². The second kappa shape index (κ2) is 12.5. The van der Waals surface area contributed by atoms with Crippen molar-refractivity contribution in [3.05, 3.63) is 29.8 Å². The van der Waals surface area contributed by atoms with E-state index in [9.17, 15) is 4.79 Å². The highest BCUT2D eigenvalue weighted by Gasteiger charge is 2.16. The first-order chi connectivity index (χ1) is 11.7. The molecule has 0 saturated heterocycles. The van der Waals surface area contributed by atoms with Crippen LogP contribution in [-0.4, -0.2) is 18.6 Å². The van der Waals surface area contributed by atoms with Crippen LogP contribution in [0.1, 0.15) is 64.4 Å². The quantitative estimate of drug-likeness (QED) is 0.369. The second-order valence-corrected chi connectivity index (χ2v) is 6.03. The summed E-state index contributed by atoms with van der Waals surface area (Å²) in [6.07, 6.45) is 8.31. The lowest BCUT2D eigenvalue weighted by Crippen LogP contribution is -2.30. The fourth-order valence-corrected chi connectivity index (χ4v) is 2.36. The lowest BCUT2D eigenvalue weighted by Gasteiger charge is -2.13. The van der Waals surface area contributed by atoms with Crippen LogP contribution < -0.4 is 5.32 Å². The van der Waals surface area contributed by atoms with Gasteiger partial charge < -0.3 is 10.1 Å². The van der Waals surface area contributed by atoms with Gasteiger partial charge in [0.15, 0.2) is 6.04 Å². The Balaban J connectivity index is 2.49. The van der Waals surface area contributed by atoms with Gasteiger partial charge in [-0.1, -0.05) is 62.6 Å². The maximum absolute atomic E-state index is 12.1. The average molecular weight is 329 g/mol. The van der Waals surface area contributed by atoms with Crippen molar-refractivity contribution in [1.82, 2.24) is 0 Å². The minimum Gasteiger partial charge on any atom is -0.464 e. The van der Waals surface area contributed by atoms with E-state index in [1.165, 1.54) is 37.7 Å². The first-order valence-corrected chi connectivity index (χ1v) is 9.15. The summed E-state index contributed by atoms with van der Waals surface area (Å²) in [6.45, 7) is 6.43. The maximum Gasteiger partial charge on any atom is 0.341 e. The third-order valence-electron chi connectivity index (χ3n) is 3.79. The maximum atomic E-state index is 12.1. The number of esters is 1. The number of nitrogens with one attached hydrogen (secondary N) is 1. The smallest absolute Gasteiger partial charge is 0.341 e. The van der Waals surface area contributed by atoms with Crippen molar-refractivity contribution in [3.8, 4) is 11.8 Å². The summed E-state index contributed by atoms with van der Waals surface area (Å²) in [4.78, 5) is 12.1. The Hall–Kier alpha value is -1.95. The van der Waals surface area contributed by atoms with Crippen LogP contribution in [0.15, 0.2) is 24.3 Å². The number of carbonyl (C=O) groups excluding carboxylic acids is 1. The molecular weight excluding hydrogens is 298 g/mol. The van der Waals surface area contributed by atoms with Gasteiger partial charge in [0.1, 0.15) is 0 Å². The summed E-state index contributed by atoms with van der Waals surface area (Å²) in [6, 6.07) is 7.32. The molecule has 0 spiro atoms. The summed E-state index contributed by atoms with van der Waals surface area (Å²) in [5.74, 6) is 5.86. The number of hydrogen-bond acceptors (Lipinski definition) is 3. The molecule has 0 heterocycles. The van der Waals surface area contributed by atoms with Crippen molar-refractivity contribution >= 4 is 11.7 Å². The molecule has 0 saturated carbocycles.